The lowest BCUT2D eigenvalue weighted by Gasteiger charge is -2.04. The van der Waals surface area contributed by atoms with E-state index in [0.29, 0.717) is 17.9 Å². The van der Waals surface area contributed by atoms with Gasteiger partial charge in [0.25, 0.3) is 0 Å². The molecule has 90 valence electrons. The summed E-state index contributed by atoms with van der Waals surface area (Å²) in [5, 5.41) is 4.24. The fourth-order valence-corrected chi connectivity index (χ4v) is 1.80. The molecule has 5 heteroatoms. The maximum absolute atomic E-state index is 11.6. The van der Waals surface area contributed by atoms with Crippen LogP contribution < -0.4 is 0 Å². The molecule has 5 nitrogen and oxygen atoms in total. The molecule has 0 radical (unpaired) electrons. The van der Waals surface area contributed by atoms with Gasteiger partial charge in [0.05, 0.1) is 6.61 Å². The number of rotatable bonds is 3. The summed E-state index contributed by atoms with van der Waals surface area (Å²) in [5.41, 5.74) is 3.11. The summed E-state index contributed by atoms with van der Waals surface area (Å²) in [5.74, 6) is -0.405. The Morgan fingerprint density at radius 2 is 2.24 bits per heavy atom. The van der Waals surface area contributed by atoms with Crippen LogP contribution in [-0.4, -0.2) is 27.2 Å². The lowest BCUT2D eigenvalue weighted by atomic mass is 10.2. The fraction of sp³-hybridized carbons (Fsp3) is 0.417. The Kier molecular flexibility index (Phi) is 3.08. The van der Waals surface area contributed by atoms with Crippen molar-refractivity contribution in [3.05, 3.63) is 29.2 Å². The first-order valence-electron chi connectivity index (χ1n) is 5.68. The van der Waals surface area contributed by atoms with Crippen LogP contribution in [0.25, 0.3) is 5.65 Å². The van der Waals surface area contributed by atoms with Crippen molar-refractivity contribution in [2.75, 3.05) is 6.61 Å². The third kappa shape index (κ3) is 2.00. The number of nitrogens with zero attached hydrogens (tertiary/aromatic N) is 3. The van der Waals surface area contributed by atoms with Crippen molar-refractivity contribution >= 4 is 11.6 Å². The van der Waals surface area contributed by atoms with E-state index in [1.165, 1.54) is 0 Å². The molecule has 0 saturated heterocycles. The van der Waals surface area contributed by atoms with Crippen LogP contribution in [0.15, 0.2) is 12.3 Å². The fourth-order valence-electron chi connectivity index (χ4n) is 1.80. The molecule has 0 aliphatic heterocycles. The predicted molar refractivity (Wildman–Crippen MR) is 63.1 cm³/mol. The normalized spacial score (nSPS) is 10.8. The first-order valence-corrected chi connectivity index (χ1v) is 5.68. The maximum atomic E-state index is 11.6. The second-order valence-corrected chi connectivity index (χ2v) is 3.76. The first-order chi connectivity index (χ1) is 8.17. The number of hydrogen-bond acceptors (Lipinski definition) is 4. The summed E-state index contributed by atoms with van der Waals surface area (Å²) in [4.78, 5) is 15.8. The van der Waals surface area contributed by atoms with Crippen molar-refractivity contribution < 1.29 is 9.53 Å². The van der Waals surface area contributed by atoms with Crippen molar-refractivity contribution in [3.8, 4) is 0 Å². The van der Waals surface area contributed by atoms with Crippen LogP contribution in [-0.2, 0) is 11.2 Å². The van der Waals surface area contributed by atoms with Gasteiger partial charge in [-0.15, -0.1) is 0 Å². The highest BCUT2D eigenvalue weighted by Crippen LogP contribution is 2.12. The minimum absolute atomic E-state index is 0.305. The topological polar surface area (TPSA) is 56.5 Å². The van der Waals surface area contributed by atoms with Gasteiger partial charge in [0.1, 0.15) is 0 Å². The summed E-state index contributed by atoms with van der Waals surface area (Å²) in [6.45, 7) is 6.15. The second-order valence-electron chi connectivity index (χ2n) is 3.76. The second kappa shape index (κ2) is 4.53. The first kappa shape index (κ1) is 11.6. The van der Waals surface area contributed by atoms with Gasteiger partial charge in [-0.3, -0.25) is 0 Å². The summed E-state index contributed by atoms with van der Waals surface area (Å²) in [6.07, 6.45) is 2.64. The molecule has 0 aliphatic carbocycles. The molecule has 0 spiro atoms. The Balaban J connectivity index is 2.53. The molecule has 0 saturated carbocycles. The van der Waals surface area contributed by atoms with E-state index in [1.807, 2.05) is 13.8 Å². The largest absolute Gasteiger partial charge is 0.461 e. The Hall–Kier alpha value is -1.91. The van der Waals surface area contributed by atoms with Crippen LogP contribution >= 0.6 is 0 Å². The molecule has 0 aromatic carbocycles. The van der Waals surface area contributed by atoms with E-state index < -0.39 is 5.97 Å². The molecule has 0 unspecified atom stereocenters. The van der Waals surface area contributed by atoms with Crippen LogP contribution in [0.3, 0.4) is 0 Å². The summed E-state index contributed by atoms with van der Waals surface area (Å²) < 4.78 is 6.63. The third-order valence-corrected chi connectivity index (χ3v) is 2.61. The van der Waals surface area contributed by atoms with Crippen molar-refractivity contribution in [2.24, 2.45) is 0 Å². The van der Waals surface area contributed by atoms with Crippen molar-refractivity contribution in [1.82, 2.24) is 14.6 Å². The van der Waals surface area contributed by atoms with Gasteiger partial charge in [-0.2, -0.15) is 5.10 Å². The Morgan fingerprint density at radius 1 is 1.47 bits per heavy atom. The zero-order valence-electron chi connectivity index (χ0n) is 10.2. The van der Waals surface area contributed by atoms with Gasteiger partial charge in [0.2, 0.25) is 0 Å². The minimum Gasteiger partial charge on any atom is -0.461 e. The maximum Gasteiger partial charge on any atom is 0.358 e. The van der Waals surface area contributed by atoms with Crippen LogP contribution in [0.4, 0.5) is 0 Å². The quantitative estimate of drug-likeness (QED) is 0.758. The van der Waals surface area contributed by atoms with Gasteiger partial charge < -0.3 is 4.74 Å². The SMILES string of the molecule is CCOC(=O)c1cc2ncc(C)c(CC)n2n1. The molecule has 0 N–H and O–H groups in total. The van der Waals surface area contributed by atoms with Crippen molar-refractivity contribution in [1.29, 1.82) is 0 Å². The lowest BCUT2D eigenvalue weighted by molar-refractivity contribution is 0.0519. The zero-order chi connectivity index (χ0) is 12.4. The minimum atomic E-state index is -0.405. The molecule has 0 amide bonds. The molecule has 0 atom stereocenters. The average molecular weight is 233 g/mol. The number of hydrogen-bond donors (Lipinski definition) is 0. The van der Waals surface area contributed by atoms with E-state index in [1.54, 1.807) is 23.7 Å². The number of aryl methyl sites for hydroxylation is 2. The van der Waals surface area contributed by atoms with Crippen molar-refractivity contribution in [3.63, 3.8) is 0 Å². The molecule has 2 aromatic rings. The lowest BCUT2D eigenvalue weighted by Crippen LogP contribution is -2.07. The zero-order valence-corrected chi connectivity index (χ0v) is 10.2. The van der Waals surface area contributed by atoms with E-state index in [-0.39, 0.29) is 0 Å². The Morgan fingerprint density at radius 3 is 2.88 bits per heavy atom. The van der Waals surface area contributed by atoms with Gasteiger partial charge in [-0.05, 0) is 25.8 Å². The van der Waals surface area contributed by atoms with E-state index >= 15 is 0 Å². The number of esters is 1. The van der Waals surface area contributed by atoms with Crippen LogP contribution in [0.2, 0.25) is 0 Å². The predicted octanol–water partition coefficient (Wildman–Crippen LogP) is 1.78. The van der Waals surface area contributed by atoms with Gasteiger partial charge >= 0.3 is 5.97 Å². The number of carbonyl (C=O) groups is 1. The van der Waals surface area contributed by atoms with Crippen LogP contribution in [0, 0.1) is 6.92 Å². The molecular weight excluding hydrogens is 218 g/mol. The van der Waals surface area contributed by atoms with Gasteiger partial charge in [0, 0.05) is 18.0 Å². The Bertz CT molecular complexity index is 560. The van der Waals surface area contributed by atoms with Gasteiger partial charge in [-0.1, -0.05) is 6.92 Å². The highest BCUT2D eigenvalue weighted by Gasteiger charge is 2.14. The molecule has 2 aromatic heterocycles. The molecule has 0 aliphatic rings. The molecule has 0 fully saturated rings. The number of carbonyl (C=O) groups excluding carboxylic acids is 1. The average Bonchev–Trinajstić information content (AvgIpc) is 2.73. The molecule has 17 heavy (non-hydrogen) atoms. The van der Waals surface area contributed by atoms with E-state index in [9.17, 15) is 4.79 Å². The number of ether oxygens (including phenoxy) is 1. The summed E-state index contributed by atoms with van der Waals surface area (Å²) >= 11 is 0. The molecule has 0 bridgehead atoms. The van der Waals surface area contributed by atoms with Gasteiger partial charge in [0.15, 0.2) is 11.3 Å². The highest BCUT2D eigenvalue weighted by molar-refractivity contribution is 5.88. The molecular formula is C12H15N3O2. The van der Waals surface area contributed by atoms with Gasteiger partial charge in [-0.25, -0.2) is 14.3 Å². The highest BCUT2D eigenvalue weighted by atomic mass is 16.5. The summed E-state index contributed by atoms with van der Waals surface area (Å²) in [6, 6.07) is 1.65. The number of fused-ring (bicyclic) bond motifs is 1. The summed E-state index contributed by atoms with van der Waals surface area (Å²) in [7, 11) is 0. The smallest absolute Gasteiger partial charge is 0.358 e. The van der Waals surface area contributed by atoms with Crippen molar-refractivity contribution in [2.45, 2.75) is 27.2 Å². The van der Waals surface area contributed by atoms with E-state index in [2.05, 4.69) is 10.1 Å². The standard InChI is InChI=1S/C12H15N3O2/c1-4-10-8(3)7-13-11-6-9(14-15(10)11)12(16)17-5-2/h6-7H,4-5H2,1-3H3. The molecule has 2 heterocycles. The molecule has 2 rings (SSSR count). The third-order valence-electron chi connectivity index (χ3n) is 2.61. The Labute approximate surface area is 99.4 Å². The van der Waals surface area contributed by atoms with E-state index in [4.69, 9.17) is 4.74 Å². The van der Waals surface area contributed by atoms with E-state index in [0.717, 1.165) is 17.7 Å². The monoisotopic (exact) mass is 233 g/mol. The van der Waals surface area contributed by atoms with Crippen LogP contribution in [0.1, 0.15) is 35.6 Å². The van der Waals surface area contributed by atoms with Crippen LogP contribution in [0.5, 0.6) is 0 Å². The number of aromatic nitrogens is 3.